The summed E-state index contributed by atoms with van der Waals surface area (Å²) in [5, 5.41) is 5.61. The normalized spacial score (nSPS) is 21.1. The average Bonchev–Trinajstić information content (AvgIpc) is 3.02. The maximum Gasteiger partial charge on any atom is 0.251 e. The SMILES string of the molecule is O=C1Cc2ccc(C(=O)NCC3CCCO3)cc2N1. The molecule has 0 aliphatic carbocycles. The van der Waals surface area contributed by atoms with Gasteiger partial charge in [0.25, 0.3) is 5.91 Å². The molecular weight excluding hydrogens is 244 g/mol. The molecule has 19 heavy (non-hydrogen) atoms. The molecule has 2 N–H and O–H groups in total. The van der Waals surface area contributed by atoms with Crippen molar-refractivity contribution in [1.82, 2.24) is 5.32 Å². The third-order valence-corrected chi connectivity index (χ3v) is 3.51. The van der Waals surface area contributed by atoms with Gasteiger partial charge in [0.1, 0.15) is 0 Å². The van der Waals surface area contributed by atoms with Gasteiger partial charge in [-0.25, -0.2) is 0 Å². The fraction of sp³-hybridized carbons (Fsp3) is 0.429. The molecule has 5 nitrogen and oxygen atoms in total. The van der Waals surface area contributed by atoms with Gasteiger partial charge >= 0.3 is 0 Å². The van der Waals surface area contributed by atoms with Crippen molar-refractivity contribution in [2.24, 2.45) is 0 Å². The first-order valence-corrected chi connectivity index (χ1v) is 6.55. The number of fused-ring (bicyclic) bond motifs is 1. The largest absolute Gasteiger partial charge is 0.376 e. The first-order chi connectivity index (χ1) is 9.22. The van der Waals surface area contributed by atoms with Crippen LogP contribution < -0.4 is 10.6 Å². The molecule has 2 aliphatic heterocycles. The number of nitrogens with one attached hydrogen (secondary N) is 2. The van der Waals surface area contributed by atoms with Crippen LogP contribution in [0.15, 0.2) is 18.2 Å². The number of anilines is 1. The molecule has 0 aromatic heterocycles. The summed E-state index contributed by atoms with van der Waals surface area (Å²) in [7, 11) is 0. The number of hydrogen-bond donors (Lipinski definition) is 2. The second-order valence-electron chi connectivity index (χ2n) is 4.94. The van der Waals surface area contributed by atoms with Crippen molar-refractivity contribution in [2.45, 2.75) is 25.4 Å². The van der Waals surface area contributed by atoms with E-state index in [0.717, 1.165) is 30.7 Å². The Morgan fingerprint density at radius 3 is 3.16 bits per heavy atom. The fourth-order valence-electron chi connectivity index (χ4n) is 2.47. The quantitative estimate of drug-likeness (QED) is 0.855. The summed E-state index contributed by atoms with van der Waals surface area (Å²) in [5.74, 6) is -0.147. The van der Waals surface area contributed by atoms with Crippen molar-refractivity contribution in [3.63, 3.8) is 0 Å². The van der Waals surface area contributed by atoms with Crippen LogP contribution in [0, 0.1) is 0 Å². The van der Waals surface area contributed by atoms with E-state index in [1.165, 1.54) is 0 Å². The van der Waals surface area contributed by atoms with Crippen LogP contribution in [0.1, 0.15) is 28.8 Å². The minimum atomic E-state index is -0.126. The summed E-state index contributed by atoms with van der Waals surface area (Å²) in [4.78, 5) is 23.3. The Bertz CT molecular complexity index is 521. The number of hydrogen-bond acceptors (Lipinski definition) is 3. The van der Waals surface area contributed by atoms with Gasteiger partial charge < -0.3 is 15.4 Å². The van der Waals surface area contributed by atoms with Crippen LogP contribution in [-0.2, 0) is 16.0 Å². The molecule has 5 heteroatoms. The molecule has 0 spiro atoms. The van der Waals surface area contributed by atoms with E-state index in [0.29, 0.717) is 18.5 Å². The minimum absolute atomic E-state index is 0.0214. The van der Waals surface area contributed by atoms with Gasteiger partial charge in [0.2, 0.25) is 5.91 Å². The molecule has 1 unspecified atom stereocenters. The van der Waals surface area contributed by atoms with Gasteiger partial charge in [-0.15, -0.1) is 0 Å². The number of carbonyl (C=O) groups is 2. The van der Waals surface area contributed by atoms with Crippen LogP contribution in [0.3, 0.4) is 0 Å². The minimum Gasteiger partial charge on any atom is -0.376 e. The first kappa shape index (κ1) is 12.2. The van der Waals surface area contributed by atoms with Crippen molar-refractivity contribution in [2.75, 3.05) is 18.5 Å². The average molecular weight is 260 g/mol. The van der Waals surface area contributed by atoms with Crippen molar-refractivity contribution in [3.05, 3.63) is 29.3 Å². The Morgan fingerprint density at radius 1 is 1.47 bits per heavy atom. The molecule has 0 bridgehead atoms. The number of rotatable bonds is 3. The van der Waals surface area contributed by atoms with Gasteiger partial charge in [0.15, 0.2) is 0 Å². The standard InChI is InChI=1S/C14H16N2O3/c17-13-7-9-3-4-10(6-12(9)16-13)14(18)15-8-11-2-1-5-19-11/h3-4,6,11H,1-2,5,7-8H2,(H,15,18)(H,16,17). The Kier molecular flexibility index (Phi) is 3.21. The van der Waals surface area contributed by atoms with Crippen LogP contribution in [-0.4, -0.2) is 31.1 Å². The van der Waals surface area contributed by atoms with Crippen molar-refractivity contribution in [1.29, 1.82) is 0 Å². The Hall–Kier alpha value is -1.88. The van der Waals surface area contributed by atoms with Crippen molar-refractivity contribution >= 4 is 17.5 Å². The summed E-state index contributed by atoms with van der Waals surface area (Å²) < 4.78 is 5.46. The monoisotopic (exact) mass is 260 g/mol. The number of carbonyl (C=O) groups excluding carboxylic acids is 2. The topological polar surface area (TPSA) is 67.4 Å². The van der Waals surface area contributed by atoms with Gasteiger partial charge in [-0.1, -0.05) is 6.07 Å². The first-order valence-electron chi connectivity index (χ1n) is 6.55. The van der Waals surface area contributed by atoms with Crippen molar-refractivity contribution in [3.8, 4) is 0 Å². The van der Waals surface area contributed by atoms with Gasteiger partial charge in [-0.2, -0.15) is 0 Å². The molecule has 100 valence electrons. The van der Waals surface area contributed by atoms with Gasteiger partial charge in [-0.3, -0.25) is 9.59 Å². The summed E-state index contributed by atoms with van der Waals surface area (Å²) in [6.07, 6.45) is 2.59. The molecule has 3 rings (SSSR count). The van der Waals surface area contributed by atoms with Gasteiger partial charge in [0, 0.05) is 24.4 Å². The second-order valence-corrected chi connectivity index (χ2v) is 4.94. The lowest BCUT2D eigenvalue weighted by atomic mass is 10.1. The van der Waals surface area contributed by atoms with Crippen molar-refractivity contribution < 1.29 is 14.3 Å². The molecule has 0 radical (unpaired) electrons. The highest BCUT2D eigenvalue weighted by atomic mass is 16.5. The number of benzene rings is 1. The lowest BCUT2D eigenvalue weighted by Gasteiger charge is -2.11. The predicted octanol–water partition coefficient (Wildman–Crippen LogP) is 1.09. The molecule has 1 saturated heterocycles. The Balaban J connectivity index is 1.63. The molecule has 2 aliphatic rings. The van der Waals surface area contributed by atoms with E-state index in [-0.39, 0.29) is 17.9 Å². The maximum absolute atomic E-state index is 12.0. The predicted molar refractivity (Wildman–Crippen MR) is 70.1 cm³/mol. The van der Waals surface area contributed by atoms with E-state index in [2.05, 4.69) is 10.6 Å². The molecule has 1 fully saturated rings. The number of ether oxygens (including phenoxy) is 1. The molecule has 2 heterocycles. The van der Waals surface area contributed by atoms with Gasteiger partial charge in [-0.05, 0) is 30.5 Å². The summed E-state index contributed by atoms with van der Waals surface area (Å²) in [6.45, 7) is 1.33. The van der Waals surface area contributed by atoms with E-state index in [1.54, 1.807) is 12.1 Å². The van der Waals surface area contributed by atoms with E-state index in [9.17, 15) is 9.59 Å². The lowest BCUT2D eigenvalue weighted by molar-refractivity contribution is -0.115. The Labute approximate surface area is 111 Å². The molecule has 2 amide bonds. The van der Waals surface area contributed by atoms with Gasteiger partial charge in [0.05, 0.1) is 12.5 Å². The van der Waals surface area contributed by atoms with Crippen LogP contribution in [0.25, 0.3) is 0 Å². The third-order valence-electron chi connectivity index (χ3n) is 3.51. The second kappa shape index (κ2) is 5.01. The van der Waals surface area contributed by atoms with E-state index >= 15 is 0 Å². The Morgan fingerprint density at radius 2 is 2.37 bits per heavy atom. The third kappa shape index (κ3) is 2.61. The number of amides is 2. The maximum atomic E-state index is 12.0. The summed E-state index contributed by atoms with van der Waals surface area (Å²) in [5.41, 5.74) is 2.26. The highest BCUT2D eigenvalue weighted by Crippen LogP contribution is 2.24. The van der Waals surface area contributed by atoms with Crippen LogP contribution >= 0.6 is 0 Å². The highest BCUT2D eigenvalue weighted by molar-refractivity contribution is 6.02. The zero-order valence-electron chi connectivity index (χ0n) is 10.6. The van der Waals surface area contributed by atoms with E-state index in [1.807, 2.05) is 6.07 Å². The summed E-state index contributed by atoms with van der Waals surface area (Å²) in [6, 6.07) is 5.31. The van der Waals surface area contributed by atoms with Crippen LogP contribution in [0.2, 0.25) is 0 Å². The van der Waals surface area contributed by atoms with E-state index < -0.39 is 0 Å². The smallest absolute Gasteiger partial charge is 0.251 e. The van der Waals surface area contributed by atoms with E-state index in [4.69, 9.17) is 4.74 Å². The zero-order valence-corrected chi connectivity index (χ0v) is 10.6. The highest BCUT2D eigenvalue weighted by Gasteiger charge is 2.20. The van der Waals surface area contributed by atoms with Crippen LogP contribution in [0.5, 0.6) is 0 Å². The van der Waals surface area contributed by atoms with Crippen LogP contribution in [0.4, 0.5) is 5.69 Å². The molecule has 1 aromatic carbocycles. The molecular formula is C14H16N2O3. The molecule has 1 aromatic rings. The summed E-state index contributed by atoms with van der Waals surface area (Å²) >= 11 is 0. The zero-order chi connectivity index (χ0) is 13.2. The molecule has 0 saturated carbocycles. The molecule has 1 atom stereocenters. The fourth-order valence-corrected chi connectivity index (χ4v) is 2.47. The lowest BCUT2D eigenvalue weighted by Crippen LogP contribution is -2.31.